The number of aromatic amines is 2. The molecule has 3 aromatic rings. The van der Waals surface area contributed by atoms with Crippen molar-refractivity contribution in [2.75, 3.05) is 0 Å². The lowest BCUT2D eigenvalue weighted by Crippen LogP contribution is -2.05. The molecular formula is C13H10N4O. The Morgan fingerprint density at radius 2 is 1.61 bits per heavy atom. The van der Waals surface area contributed by atoms with Crippen molar-refractivity contribution in [1.82, 2.24) is 20.4 Å². The zero-order valence-corrected chi connectivity index (χ0v) is 9.42. The van der Waals surface area contributed by atoms with Crippen molar-refractivity contribution < 1.29 is 0 Å². The molecule has 5 heteroatoms. The van der Waals surface area contributed by atoms with E-state index < -0.39 is 0 Å². The van der Waals surface area contributed by atoms with Crippen LogP contribution in [0.2, 0.25) is 0 Å². The van der Waals surface area contributed by atoms with E-state index in [1.165, 1.54) is 6.07 Å². The fourth-order valence-corrected chi connectivity index (χ4v) is 1.70. The SMILES string of the molecule is O=c1ccc(-c2cc(-c3ccccc3)n[nH]2)n[nH]1. The summed E-state index contributed by atoms with van der Waals surface area (Å²) in [6, 6.07) is 14.8. The minimum absolute atomic E-state index is 0.221. The first kappa shape index (κ1) is 10.5. The molecule has 2 N–H and O–H groups in total. The highest BCUT2D eigenvalue weighted by Crippen LogP contribution is 2.21. The van der Waals surface area contributed by atoms with Gasteiger partial charge in [-0.15, -0.1) is 0 Å². The summed E-state index contributed by atoms with van der Waals surface area (Å²) >= 11 is 0. The Labute approximate surface area is 103 Å². The standard InChI is InChI=1S/C13H10N4O/c18-13-7-6-10(14-17-13)12-8-11(15-16-12)9-4-2-1-3-5-9/h1-8H,(H,15,16)(H,17,18). The Bertz CT molecular complexity index is 695. The fourth-order valence-electron chi connectivity index (χ4n) is 1.70. The molecule has 5 nitrogen and oxygen atoms in total. The van der Waals surface area contributed by atoms with E-state index in [0.717, 1.165) is 17.0 Å². The molecule has 0 aliphatic carbocycles. The smallest absolute Gasteiger partial charge is 0.264 e. The zero-order valence-electron chi connectivity index (χ0n) is 9.42. The normalized spacial score (nSPS) is 10.4. The average molecular weight is 238 g/mol. The molecule has 0 aliphatic heterocycles. The van der Waals surface area contributed by atoms with Gasteiger partial charge in [0.2, 0.25) is 0 Å². The van der Waals surface area contributed by atoms with Gasteiger partial charge in [-0.2, -0.15) is 10.2 Å². The third-order valence-electron chi connectivity index (χ3n) is 2.60. The first-order chi connectivity index (χ1) is 8.83. The molecule has 0 aliphatic rings. The van der Waals surface area contributed by atoms with E-state index in [1.807, 2.05) is 36.4 Å². The van der Waals surface area contributed by atoms with Crippen LogP contribution in [0.25, 0.3) is 22.6 Å². The predicted octanol–water partition coefficient (Wildman–Crippen LogP) is 1.83. The van der Waals surface area contributed by atoms with E-state index in [4.69, 9.17) is 0 Å². The molecule has 0 radical (unpaired) electrons. The molecule has 0 fully saturated rings. The largest absolute Gasteiger partial charge is 0.276 e. The molecule has 0 saturated heterocycles. The maximum atomic E-state index is 10.9. The summed E-state index contributed by atoms with van der Waals surface area (Å²) in [5, 5.41) is 13.5. The molecule has 0 saturated carbocycles. The number of benzene rings is 1. The number of nitrogens with zero attached hydrogens (tertiary/aromatic N) is 2. The van der Waals surface area contributed by atoms with Gasteiger partial charge in [0.25, 0.3) is 5.56 Å². The van der Waals surface area contributed by atoms with Crippen LogP contribution in [0.1, 0.15) is 0 Å². The van der Waals surface area contributed by atoms with Crippen LogP contribution in [-0.4, -0.2) is 20.4 Å². The second kappa shape index (κ2) is 4.29. The van der Waals surface area contributed by atoms with Crippen molar-refractivity contribution in [3.8, 4) is 22.6 Å². The topological polar surface area (TPSA) is 74.4 Å². The van der Waals surface area contributed by atoms with Crippen LogP contribution in [0.15, 0.2) is 53.3 Å². The lowest BCUT2D eigenvalue weighted by molar-refractivity contribution is 0.982. The maximum absolute atomic E-state index is 10.9. The molecular weight excluding hydrogens is 228 g/mol. The molecule has 2 heterocycles. The lowest BCUT2D eigenvalue weighted by atomic mass is 10.1. The van der Waals surface area contributed by atoms with Crippen LogP contribution in [0.3, 0.4) is 0 Å². The average Bonchev–Trinajstić information content (AvgIpc) is 2.90. The Balaban J connectivity index is 1.99. The Morgan fingerprint density at radius 3 is 2.33 bits per heavy atom. The summed E-state index contributed by atoms with van der Waals surface area (Å²) in [4.78, 5) is 10.9. The number of H-pyrrole nitrogens is 2. The van der Waals surface area contributed by atoms with Gasteiger partial charge >= 0.3 is 0 Å². The van der Waals surface area contributed by atoms with Crippen LogP contribution in [0, 0.1) is 0 Å². The highest BCUT2D eigenvalue weighted by molar-refractivity contribution is 5.65. The van der Waals surface area contributed by atoms with E-state index in [2.05, 4.69) is 20.4 Å². The number of hydrogen-bond donors (Lipinski definition) is 2. The lowest BCUT2D eigenvalue weighted by Gasteiger charge is -1.93. The minimum atomic E-state index is -0.221. The minimum Gasteiger partial charge on any atom is -0.276 e. The van der Waals surface area contributed by atoms with Crippen molar-refractivity contribution in [3.63, 3.8) is 0 Å². The van der Waals surface area contributed by atoms with Gasteiger partial charge in [-0.05, 0) is 12.1 Å². The maximum Gasteiger partial charge on any atom is 0.264 e. The molecule has 0 bridgehead atoms. The van der Waals surface area contributed by atoms with Crippen LogP contribution < -0.4 is 5.56 Å². The van der Waals surface area contributed by atoms with Gasteiger partial charge in [-0.3, -0.25) is 9.89 Å². The van der Waals surface area contributed by atoms with Gasteiger partial charge in [0, 0.05) is 11.6 Å². The molecule has 0 atom stereocenters. The van der Waals surface area contributed by atoms with Crippen LogP contribution in [-0.2, 0) is 0 Å². The molecule has 0 unspecified atom stereocenters. The summed E-state index contributed by atoms with van der Waals surface area (Å²) < 4.78 is 0. The summed E-state index contributed by atoms with van der Waals surface area (Å²) in [5.41, 5.74) is 3.08. The van der Waals surface area contributed by atoms with E-state index in [0.29, 0.717) is 5.69 Å². The quantitative estimate of drug-likeness (QED) is 0.715. The molecule has 88 valence electrons. The highest BCUT2D eigenvalue weighted by Gasteiger charge is 2.06. The summed E-state index contributed by atoms with van der Waals surface area (Å²) in [6.45, 7) is 0. The number of aromatic nitrogens is 4. The fraction of sp³-hybridized carbons (Fsp3) is 0. The van der Waals surface area contributed by atoms with E-state index in [1.54, 1.807) is 6.07 Å². The third-order valence-corrected chi connectivity index (χ3v) is 2.60. The zero-order chi connectivity index (χ0) is 12.4. The Morgan fingerprint density at radius 1 is 0.833 bits per heavy atom. The number of rotatable bonds is 2. The van der Waals surface area contributed by atoms with Crippen molar-refractivity contribution in [3.05, 3.63) is 58.9 Å². The number of hydrogen-bond acceptors (Lipinski definition) is 3. The molecule has 18 heavy (non-hydrogen) atoms. The summed E-state index contributed by atoms with van der Waals surface area (Å²) in [5.74, 6) is 0. The van der Waals surface area contributed by atoms with E-state index in [-0.39, 0.29) is 5.56 Å². The first-order valence-corrected chi connectivity index (χ1v) is 5.50. The predicted molar refractivity (Wildman–Crippen MR) is 67.9 cm³/mol. The van der Waals surface area contributed by atoms with Crippen molar-refractivity contribution in [1.29, 1.82) is 0 Å². The molecule has 0 spiro atoms. The van der Waals surface area contributed by atoms with Gasteiger partial charge in [0.05, 0.1) is 11.4 Å². The second-order valence-electron chi connectivity index (χ2n) is 3.84. The van der Waals surface area contributed by atoms with Gasteiger partial charge in [-0.25, -0.2) is 5.10 Å². The number of nitrogens with one attached hydrogen (secondary N) is 2. The monoisotopic (exact) mass is 238 g/mol. The van der Waals surface area contributed by atoms with Crippen LogP contribution in [0.4, 0.5) is 0 Å². The van der Waals surface area contributed by atoms with Gasteiger partial charge < -0.3 is 0 Å². The Kier molecular flexibility index (Phi) is 2.49. The summed E-state index contributed by atoms with van der Waals surface area (Å²) in [6.07, 6.45) is 0. The Hall–Kier alpha value is -2.69. The van der Waals surface area contributed by atoms with E-state index >= 15 is 0 Å². The van der Waals surface area contributed by atoms with Crippen LogP contribution in [0.5, 0.6) is 0 Å². The van der Waals surface area contributed by atoms with Crippen molar-refractivity contribution in [2.45, 2.75) is 0 Å². The first-order valence-electron chi connectivity index (χ1n) is 5.50. The van der Waals surface area contributed by atoms with E-state index in [9.17, 15) is 4.79 Å². The molecule has 1 aromatic carbocycles. The second-order valence-corrected chi connectivity index (χ2v) is 3.84. The summed E-state index contributed by atoms with van der Waals surface area (Å²) in [7, 11) is 0. The molecule has 3 rings (SSSR count). The van der Waals surface area contributed by atoms with Crippen molar-refractivity contribution in [2.24, 2.45) is 0 Å². The van der Waals surface area contributed by atoms with Gasteiger partial charge in [0.1, 0.15) is 5.69 Å². The third kappa shape index (κ3) is 1.93. The molecule has 0 amide bonds. The van der Waals surface area contributed by atoms with Crippen LogP contribution >= 0.6 is 0 Å². The molecule has 2 aromatic heterocycles. The highest BCUT2D eigenvalue weighted by atomic mass is 16.1. The van der Waals surface area contributed by atoms with Gasteiger partial charge in [0.15, 0.2) is 0 Å². The van der Waals surface area contributed by atoms with Gasteiger partial charge in [-0.1, -0.05) is 30.3 Å². The van der Waals surface area contributed by atoms with Crippen molar-refractivity contribution >= 4 is 0 Å².